The first-order valence-electron chi connectivity index (χ1n) is 8.78. The van der Waals surface area contributed by atoms with Gasteiger partial charge in [-0.05, 0) is 44.2 Å². The van der Waals surface area contributed by atoms with Crippen molar-refractivity contribution in [3.8, 4) is 0 Å². The molecule has 1 aliphatic rings. The van der Waals surface area contributed by atoms with Gasteiger partial charge in [0.1, 0.15) is 10.9 Å². The van der Waals surface area contributed by atoms with Gasteiger partial charge in [-0.1, -0.05) is 12.1 Å². The number of aromatic nitrogens is 2. The second-order valence-corrected chi connectivity index (χ2v) is 8.28. The molecule has 4 rings (SSSR count). The molecule has 0 bridgehead atoms. The van der Waals surface area contributed by atoms with Gasteiger partial charge < -0.3 is 9.88 Å². The van der Waals surface area contributed by atoms with Crippen LogP contribution in [0.4, 0.5) is 5.69 Å². The van der Waals surface area contributed by atoms with Crippen molar-refractivity contribution in [1.82, 2.24) is 13.9 Å². The molecule has 2 amide bonds. The van der Waals surface area contributed by atoms with Crippen LogP contribution in [0.1, 0.15) is 24.2 Å². The van der Waals surface area contributed by atoms with Crippen LogP contribution in [0.3, 0.4) is 0 Å². The van der Waals surface area contributed by atoms with E-state index in [0.717, 1.165) is 12.1 Å². The van der Waals surface area contributed by atoms with Crippen LogP contribution in [0.25, 0.3) is 11.0 Å². The van der Waals surface area contributed by atoms with Crippen molar-refractivity contribution >= 4 is 38.6 Å². The van der Waals surface area contributed by atoms with E-state index in [1.807, 2.05) is 17.6 Å². The molecule has 3 aromatic rings. The number of nitrogens with zero attached hydrogens (tertiary/aromatic N) is 3. The summed E-state index contributed by atoms with van der Waals surface area (Å²) in [7, 11) is -4.06. The van der Waals surface area contributed by atoms with Gasteiger partial charge >= 0.3 is 0 Å². The van der Waals surface area contributed by atoms with Crippen LogP contribution in [0, 0.1) is 0 Å². The average molecular weight is 398 g/mol. The number of aryl methyl sites for hydroxylation is 1. The fraction of sp³-hybridized carbons (Fsp3) is 0.211. The Kier molecular flexibility index (Phi) is 4.19. The van der Waals surface area contributed by atoms with Crippen LogP contribution in [0.2, 0.25) is 0 Å². The molecular weight excluding hydrogens is 380 g/mol. The van der Waals surface area contributed by atoms with Gasteiger partial charge in [0.05, 0.1) is 22.9 Å². The highest BCUT2D eigenvalue weighted by atomic mass is 32.2. The standard InChI is InChI=1S/C19H18N4O4S/c1-3-22-11-20-15-10-13(8-9-16(15)22)21-18(24)12(2)23-19(25)14-6-4-5-7-17(14)28(23,26)27/h4-12H,3H2,1-2H3,(H,21,24). The van der Waals surface area contributed by atoms with Crippen molar-refractivity contribution in [2.75, 3.05) is 5.32 Å². The Morgan fingerprint density at radius 3 is 2.68 bits per heavy atom. The normalized spacial score (nSPS) is 16.2. The van der Waals surface area contributed by atoms with Gasteiger partial charge in [0.25, 0.3) is 15.9 Å². The minimum atomic E-state index is -4.06. The molecule has 28 heavy (non-hydrogen) atoms. The summed E-state index contributed by atoms with van der Waals surface area (Å²) in [6, 6.07) is 10.0. The van der Waals surface area contributed by atoms with Crippen LogP contribution in [0.5, 0.6) is 0 Å². The Hall–Kier alpha value is -3.20. The van der Waals surface area contributed by atoms with E-state index in [2.05, 4.69) is 10.3 Å². The van der Waals surface area contributed by atoms with Crippen molar-refractivity contribution in [3.05, 3.63) is 54.4 Å². The first-order valence-corrected chi connectivity index (χ1v) is 10.2. The highest BCUT2D eigenvalue weighted by molar-refractivity contribution is 7.90. The first kappa shape index (κ1) is 18.2. The summed E-state index contributed by atoms with van der Waals surface area (Å²) in [5.74, 6) is -1.30. The monoisotopic (exact) mass is 398 g/mol. The molecule has 0 saturated heterocycles. The van der Waals surface area contributed by atoms with Crippen LogP contribution < -0.4 is 5.32 Å². The van der Waals surface area contributed by atoms with Crippen molar-refractivity contribution in [2.45, 2.75) is 31.3 Å². The molecule has 144 valence electrons. The molecule has 0 aliphatic carbocycles. The van der Waals surface area contributed by atoms with Gasteiger partial charge in [-0.2, -0.15) is 0 Å². The summed E-state index contributed by atoms with van der Waals surface area (Å²) < 4.78 is 28.0. The van der Waals surface area contributed by atoms with Crippen LogP contribution in [-0.4, -0.2) is 40.1 Å². The number of hydrogen-bond donors (Lipinski definition) is 1. The largest absolute Gasteiger partial charge is 0.331 e. The number of anilines is 1. The van der Waals surface area contributed by atoms with Gasteiger partial charge in [0.2, 0.25) is 5.91 Å². The van der Waals surface area contributed by atoms with Crippen LogP contribution in [-0.2, 0) is 21.4 Å². The van der Waals surface area contributed by atoms with Gasteiger partial charge in [-0.3, -0.25) is 9.59 Å². The summed E-state index contributed by atoms with van der Waals surface area (Å²) in [4.78, 5) is 29.5. The summed E-state index contributed by atoms with van der Waals surface area (Å²) in [5, 5.41) is 2.68. The SMILES string of the molecule is CCn1cnc2cc(NC(=O)C(C)N3C(=O)c4ccccc4S3(=O)=O)ccc21. The maximum absolute atomic E-state index is 12.7. The lowest BCUT2D eigenvalue weighted by Crippen LogP contribution is -2.45. The average Bonchev–Trinajstić information content (AvgIpc) is 3.17. The van der Waals surface area contributed by atoms with Gasteiger partial charge in [0.15, 0.2) is 0 Å². The summed E-state index contributed by atoms with van der Waals surface area (Å²) >= 11 is 0. The summed E-state index contributed by atoms with van der Waals surface area (Å²) in [6.45, 7) is 4.17. The molecule has 0 saturated carbocycles. The Morgan fingerprint density at radius 2 is 1.96 bits per heavy atom. The van der Waals surface area contributed by atoms with E-state index in [1.54, 1.807) is 30.6 Å². The number of sulfonamides is 1. The number of imidazole rings is 1. The molecule has 8 nitrogen and oxygen atoms in total. The zero-order valence-electron chi connectivity index (χ0n) is 15.3. The maximum Gasteiger partial charge on any atom is 0.269 e. The Balaban J connectivity index is 1.60. The molecule has 2 aromatic carbocycles. The molecule has 1 aromatic heterocycles. The lowest BCUT2D eigenvalue weighted by molar-refractivity contribution is -0.118. The molecule has 0 spiro atoms. The van der Waals surface area contributed by atoms with E-state index in [1.165, 1.54) is 19.1 Å². The van der Waals surface area contributed by atoms with E-state index in [-0.39, 0.29) is 10.5 Å². The molecule has 1 unspecified atom stereocenters. The molecule has 0 radical (unpaired) electrons. The number of carbonyl (C=O) groups excluding carboxylic acids is 2. The van der Waals surface area contributed by atoms with E-state index < -0.39 is 27.9 Å². The molecule has 9 heteroatoms. The zero-order chi connectivity index (χ0) is 20.1. The number of fused-ring (bicyclic) bond motifs is 2. The minimum absolute atomic E-state index is 0.0775. The third-order valence-electron chi connectivity index (χ3n) is 4.81. The fourth-order valence-electron chi connectivity index (χ4n) is 3.33. The Bertz CT molecular complexity index is 1220. The fourth-order valence-corrected chi connectivity index (χ4v) is 5.06. The first-order chi connectivity index (χ1) is 13.3. The summed E-state index contributed by atoms with van der Waals surface area (Å²) in [6.07, 6.45) is 1.71. The van der Waals surface area contributed by atoms with E-state index in [4.69, 9.17) is 0 Å². The molecule has 1 N–H and O–H groups in total. The number of amides is 2. The summed E-state index contributed by atoms with van der Waals surface area (Å²) in [5.41, 5.74) is 2.20. The van der Waals surface area contributed by atoms with Crippen molar-refractivity contribution in [3.63, 3.8) is 0 Å². The third-order valence-corrected chi connectivity index (χ3v) is 6.73. The van der Waals surface area contributed by atoms with E-state index in [9.17, 15) is 18.0 Å². The number of nitrogens with one attached hydrogen (secondary N) is 1. The van der Waals surface area contributed by atoms with Crippen LogP contribution >= 0.6 is 0 Å². The quantitative estimate of drug-likeness (QED) is 0.726. The maximum atomic E-state index is 12.7. The predicted octanol–water partition coefficient (Wildman–Crippen LogP) is 2.23. The lowest BCUT2D eigenvalue weighted by atomic mass is 10.2. The van der Waals surface area contributed by atoms with Crippen LogP contribution in [0.15, 0.2) is 53.7 Å². The van der Waals surface area contributed by atoms with Gasteiger partial charge in [0, 0.05) is 12.2 Å². The minimum Gasteiger partial charge on any atom is -0.331 e. The lowest BCUT2D eigenvalue weighted by Gasteiger charge is -2.22. The van der Waals surface area contributed by atoms with E-state index in [0.29, 0.717) is 15.5 Å². The Labute approximate surface area is 161 Å². The zero-order valence-corrected chi connectivity index (χ0v) is 16.1. The van der Waals surface area contributed by atoms with Crippen molar-refractivity contribution in [1.29, 1.82) is 0 Å². The van der Waals surface area contributed by atoms with E-state index >= 15 is 0 Å². The predicted molar refractivity (Wildman–Crippen MR) is 103 cm³/mol. The van der Waals surface area contributed by atoms with Crippen molar-refractivity contribution in [2.24, 2.45) is 0 Å². The second-order valence-electron chi connectivity index (χ2n) is 6.50. The molecule has 1 atom stereocenters. The number of hydrogen-bond acceptors (Lipinski definition) is 5. The topological polar surface area (TPSA) is 101 Å². The molecule has 1 aliphatic heterocycles. The van der Waals surface area contributed by atoms with Gasteiger partial charge in [-0.15, -0.1) is 0 Å². The highest BCUT2D eigenvalue weighted by Gasteiger charge is 2.45. The van der Waals surface area contributed by atoms with Crippen molar-refractivity contribution < 1.29 is 18.0 Å². The number of rotatable bonds is 4. The molecule has 0 fully saturated rings. The number of carbonyl (C=O) groups is 2. The molecule has 2 heterocycles. The smallest absolute Gasteiger partial charge is 0.269 e. The number of benzene rings is 2. The van der Waals surface area contributed by atoms with Gasteiger partial charge in [-0.25, -0.2) is 17.7 Å². The Morgan fingerprint density at radius 1 is 1.21 bits per heavy atom. The highest BCUT2D eigenvalue weighted by Crippen LogP contribution is 2.32. The third kappa shape index (κ3) is 2.66. The second kappa shape index (κ2) is 6.45. The molecular formula is C19H18N4O4S.